The standard InChI is InChI=1S/C15H30N2O3/c1-5-8-9-17(12(4)6-2)15(20)16-11-13(7-3)10-14(18)19/h12-13H,5-11H2,1-4H3,(H,16,20)(H,18,19). The molecule has 118 valence electrons. The number of urea groups is 1. The lowest BCUT2D eigenvalue weighted by atomic mass is 10.0. The summed E-state index contributed by atoms with van der Waals surface area (Å²) in [5, 5.41) is 11.7. The van der Waals surface area contributed by atoms with E-state index in [4.69, 9.17) is 5.11 Å². The topological polar surface area (TPSA) is 69.6 Å². The molecule has 0 heterocycles. The van der Waals surface area contributed by atoms with Crippen LogP contribution in [-0.2, 0) is 4.79 Å². The molecule has 0 rings (SSSR count). The molecule has 2 N–H and O–H groups in total. The highest BCUT2D eigenvalue weighted by Gasteiger charge is 2.19. The Kier molecular flexibility index (Phi) is 9.86. The molecule has 0 aliphatic rings. The molecule has 0 spiro atoms. The number of nitrogens with zero attached hydrogens (tertiary/aromatic N) is 1. The Hall–Kier alpha value is -1.26. The number of carbonyl (C=O) groups excluding carboxylic acids is 1. The summed E-state index contributed by atoms with van der Waals surface area (Å²) in [5.74, 6) is -0.808. The smallest absolute Gasteiger partial charge is 0.317 e. The molecule has 2 unspecified atom stereocenters. The number of hydrogen-bond donors (Lipinski definition) is 2. The van der Waals surface area contributed by atoms with Crippen molar-refractivity contribution < 1.29 is 14.7 Å². The van der Waals surface area contributed by atoms with Gasteiger partial charge < -0.3 is 15.3 Å². The van der Waals surface area contributed by atoms with Gasteiger partial charge in [0.25, 0.3) is 0 Å². The lowest BCUT2D eigenvalue weighted by Gasteiger charge is -2.29. The fraction of sp³-hybridized carbons (Fsp3) is 0.867. The molecule has 2 amide bonds. The highest BCUT2D eigenvalue weighted by atomic mass is 16.4. The molecule has 0 aliphatic heterocycles. The van der Waals surface area contributed by atoms with E-state index in [1.165, 1.54) is 0 Å². The molecule has 2 atom stereocenters. The Morgan fingerprint density at radius 2 is 1.85 bits per heavy atom. The quantitative estimate of drug-likeness (QED) is 0.648. The van der Waals surface area contributed by atoms with Gasteiger partial charge in [0, 0.05) is 25.6 Å². The normalized spacial score (nSPS) is 13.6. The Morgan fingerprint density at radius 1 is 1.20 bits per heavy atom. The first-order valence-electron chi connectivity index (χ1n) is 7.72. The lowest BCUT2D eigenvalue weighted by molar-refractivity contribution is -0.138. The Bertz CT molecular complexity index is 295. The monoisotopic (exact) mass is 286 g/mol. The van der Waals surface area contributed by atoms with Crippen molar-refractivity contribution in [1.82, 2.24) is 10.2 Å². The number of aliphatic carboxylic acids is 1. The van der Waals surface area contributed by atoms with Gasteiger partial charge in [-0.25, -0.2) is 4.79 Å². The molecule has 5 nitrogen and oxygen atoms in total. The minimum atomic E-state index is -0.809. The number of carboxylic acids is 1. The van der Waals surface area contributed by atoms with E-state index in [0.29, 0.717) is 6.54 Å². The van der Waals surface area contributed by atoms with Gasteiger partial charge >= 0.3 is 12.0 Å². The van der Waals surface area contributed by atoms with Crippen molar-refractivity contribution >= 4 is 12.0 Å². The van der Waals surface area contributed by atoms with E-state index < -0.39 is 5.97 Å². The maximum absolute atomic E-state index is 12.2. The van der Waals surface area contributed by atoms with Crippen molar-refractivity contribution in [2.45, 2.75) is 65.8 Å². The van der Waals surface area contributed by atoms with Crippen molar-refractivity contribution in [1.29, 1.82) is 0 Å². The Labute approximate surface area is 122 Å². The number of carboxylic acid groups (broad SMARTS) is 1. The van der Waals surface area contributed by atoms with Gasteiger partial charge in [-0.1, -0.05) is 33.6 Å². The number of nitrogens with one attached hydrogen (secondary N) is 1. The summed E-state index contributed by atoms with van der Waals surface area (Å²) in [6.07, 6.45) is 3.82. The zero-order chi connectivity index (χ0) is 15.5. The molecular formula is C15H30N2O3. The molecule has 20 heavy (non-hydrogen) atoms. The molecule has 0 saturated carbocycles. The zero-order valence-electron chi connectivity index (χ0n) is 13.3. The molecule has 0 aliphatic carbocycles. The van der Waals surface area contributed by atoms with Crippen LogP contribution < -0.4 is 5.32 Å². The van der Waals surface area contributed by atoms with E-state index in [-0.39, 0.29) is 24.4 Å². The first-order valence-corrected chi connectivity index (χ1v) is 7.72. The van der Waals surface area contributed by atoms with Crippen LogP contribution in [0.25, 0.3) is 0 Å². The van der Waals surface area contributed by atoms with Crippen molar-refractivity contribution in [3.05, 3.63) is 0 Å². The van der Waals surface area contributed by atoms with Gasteiger partial charge in [0.15, 0.2) is 0 Å². The molecule has 0 aromatic heterocycles. The Balaban J connectivity index is 4.39. The summed E-state index contributed by atoms with van der Waals surface area (Å²) in [6.45, 7) is 9.35. The highest BCUT2D eigenvalue weighted by Crippen LogP contribution is 2.09. The van der Waals surface area contributed by atoms with Gasteiger partial charge in [0.05, 0.1) is 0 Å². The van der Waals surface area contributed by atoms with E-state index in [1.54, 1.807) is 0 Å². The van der Waals surface area contributed by atoms with E-state index >= 15 is 0 Å². The molecule has 0 saturated heterocycles. The third kappa shape index (κ3) is 7.36. The van der Waals surface area contributed by atoms with Gasteiger partial charge in [-0.05, 0) is 25.7 Å². The number of hydrogen-bond acceptors (Lipinski definition) is 2. The van der Waals surface area contributed by atoms with Crippen molar-refractivity contribution in [2.75, 3.05) is 13.1 Å². The summed E-state index contributed by atoms with van der Waals surface area (Å²) >= 11 is 0. The largest absolute Gasteiger partial charge is 0.481 e. The molecule has 0 bridgehead atoms. The minimum absolute atomic E-state index is 0.00130. The average molecular weight is 286 g/mol. The van der Waals surface area contributed by atoms with Crippen molar-refractivity contribution in [3.63, 3.8) is 0 Å². The van der Waals surface area contributed by atoms with Crippen LogP contribution >= 0.6 is 0 Å². The summed E-state index contributed by atoms with van der Waals surface area (Å²) in [4.78, 5) is 24.8. The minimum Gasteiger partial charge on any atom is -0.481 e. The van der Waals surface area contributed by atoms with Crippen LogP contribution in [0, 0.1) is 5.92 Å². The molecule has 5 heteroatoms. The average Bonchev–Trinajstić information content (AvgIpc) is 2.42. The summed E-state index contributed by atoms with van der Waals surface area (Å²) in [7, 11) is 0. The van der Waals surface area contributed by atoms with Crippen LogP contribution in [0.1, 0.15) is 59.8 Å². The third-order valence-corrected chi connectivity index (χ3v) is 3.72. The fourth-order valence-corrected chi connectivity index (χ4v) is 2.01. The van der Waals surface area contributed by atoms with Gasteiger partial charge in [0.2, 0.25) is 0 Å². The van der Waals surface area contributed by atoms with Gasteiger partial charge in [-0.15, -0.1) is 0 Å². The maximum atomic E-state index is 12.2. The van der Waals surface area contributed by atoms with E-state index in [1.807, 2.05) is 18.7 Å². The van der Waals surface area contributed by atoms with Crippen LogP contribution in [0.4, 0.5) is 4.79 Å². The van der Waals surface area contributed by atoms with E-state index in [0.717, 1.165) is 32.2 Å². The second kappa shape index (κ2) is 10.5. The summed E-state index contributed by atoms with van der Waals surface area (Å²) < 4.78 is 0. The predicted octanol–water partition coefficient (Wildman–Crippen LogP) is 3.10. The molecule has 0 aromatic rings. The zero-order valence-corrected chi connectivity index (χ0v) is 13.3. The molecule has 0 aromatic carbocycles. The highest BCUT2D eigenvalue weighted by molar-refractivity contribution is 5.74. The summed E-state index contributed by atoms with van der Waals surface area (Å²) in [6, 6.07) is 0.137. The first kappa shape index (κ1) is 18.7. The maximum Gasteiger partial charge on any atom is 0.317 e. The van der Waals surface area contributed by atoms with Crippen LogP contribution in [0.2, 0.25) is 0 Å². The van der Waals surface area contributed by atoms with E-state index in [2.05, 4.69) is 19.2 Å². The number of carbonyl (C=O) groups is 2. The second-order valence-corrected chi connectivity index (χ2v) is 5.36. The lowest BCUT2D eigenvalue weighted by Crippen LogP contribution is -2.46. The summed E-state index contributed by atoms with van der Waals surface area (Å²) in [5.41, 5.74) is 0. The number of unbranched alkanes of at least 4 members (excludes halogenated alkanes) is 1. The van der Waals surface area contributed by atoms with Gasteiger partial charge in [-0.3, -0.25) is 4.79 Å². The molecular weight excluding hydrogens is 256 g/mol. The second-order valence-electron chi connectivity index (χ2n) is 5.36. The van der Waals surface area contributed by atoms with Crippen molar-refractivity contribution in [2.24, 2.45) is 5.92 Å². The molecule has 0 fully saturated rings. The third-order valence-electron chi connectivity index (χ3n) is 3.72. The van der Waals surface area contributed by atoms with Crippen molar-refractivity contribution in [3.8, 4) is 0 Å². The molecule has 0 radical (unpaired) electrons. The van der Waals surface area contributed by atoms with Gasteiger partial charge in [0.1, 0.15) is 0 Å². The number of amides is 2. The van der Waals surface area contributed by atoms with E-state index in [9.17, 15) is 9.59 Å². The van der Waals surface area contributed by atoms with Crippen LogP contribution in [0.3, 0.4) is 0 Å². The first-order chi connectivity index (χ1) is 9.46. The predicted molar refractivity (Wildman–Crippen MR) is 80.8 cm³/mol. The number of rotatable bonds is 10. The van der Waals surface area contributed by atoms with Crippen LogP contribution in [-0.4, -0.2) is 41.1 Å². The van der Waals surface area contributed by atoms with Crippen LogP contribution in [0.15, 0.2) is 0 Å². The fourth-order valence-electron chi connectivity index (χ4n) is 2.01. The van der Waals surface area contributed by atoms with Crippen LogP contribution in [0.5, 0.6) is 0 Å². The Morgan fingerprint density at radius 3 is 2.30 bits per heavy atom. The van der Waals surface area contributed by atoms with Gasteiger partial charge in [-0.2, -0.15) is 0 Å². The SMILES string of the molecule is CCCCN(C(=O)NCC(CC)CC(=O)O)C(C)CC.